The molecule has 1 aromatic rings. The topological polar surface area (TPSA) is 21.3 Å². The van der Waals surface area contributed by atoms with E-state index in [2.05, 4.69) is 31.3 Å². The van der Waals surface area contributed by atoms with Gasteiger partial charge in [0.25, 0.3) is 0 Å². The smallest absolute Gasteiger partial charge is 0.0613 e. The van der Waals surface area contributed by atoms with Crippen LogP contribution in [0.15, 0.2) is 12.1 Å². The van der Waals surface area contributed by atoms with Gasteiger partial charge in [-0.25, -0.2) is 0 Å². The Morgan fingerprint density at radius 1 is 1.54 bits per heavy atom. The molecule has 0 fully saturated rings. The lowest BCUT2D eigenvalue weighted by Gasteiger charge is -2.11. The van der Waals surface area contributed by atoms with Crippen LogP contribution in [0.4, 0.5) is 0 Å². The Kier molecular flexibility index (Phi) is 4.42. The lowest BCUT2D eigenvalue weighted by Crippen LogP contribution is -2.29. The fraction of sp³-hybridized carbons (Fsp3) is 0.600. The number of rotatable bonds is 5. The highest BCUT2D eigenvalue weighted by Crippen LogP contribution is 2.14. The fourth-order valence-corrected chi connectivity index (χ4v) is 2.01. The van der Waals surface area contributed by atoms with Crippen LogP contribution in [0.1, 0.15) is 16.7 Å². The van der Waals surface area contributed by atoms with E-state index in [0.717, 1.165) is 13.2 Å². The third-order valence-electron chi connectivity index (χ3n) is 1.84. The Balaban J connectivity index is 2.26. The second-order valence-corrected chi connectivity index (χ2v) is 4.62. The molecule has 0 radical (unpaired) electrons. The molecular weight excluding hydrogens is 182 g/mol. The maximum atomic E-state index is 5.04. The van der Waals surface area contributed by atoms with Crippen LogP contribution in [0, 0.1) is 6.92 Å². The van der Waals surface area contributed by atoms with Crippen LogP contribution in [0.25, 0.3) is 0 Å². The van der Waals surface area contributed by atoms with Crippen molar-refractivity contribution in [2.45, 2.75) is 26.4 Å². The molecule has 0 unspecified atom stereocenters. The predicted molar refractivity (Wildman–Crippen MR) is 57.2 cm³/mol. The first-order chi connectivity index (χ1) is 6.22. The summed E-state index contributed by atoms with van der Waals surface area (Å²) >= 11 is 1.84. The van der Waals surface area contributed by atoms with Crippen molar-refractivity contribution in [3.05, 3.63) is 21.9 Å². The molecule has 1 aromatic heterocycles. The molecule has 0 saturated heterocycles. The molecule has 1 N–H and O–H groups in total. The van der Waals surface area contributed by atoms with E-state index in [1.54, 1.807) is 7.11 Å². The molecule has 1 atom stereocenters. The summed E-state index contributed by atoms with van der Waals surface area (Å²) in [5, 5.41) is 3.40. The molecule has 0 aliphatic rings. The van der Waals surface area contributed by atoms with Crippen LogP contribution >= 0.6 is 11.3 Å². The van der Waals surface area contributed by atoms with Gasteiger partial charge in [-0.2, -0.15) is 0 Å². The molecule has 2 nitrogen and oxygen atoms in total. The SMILES string of the molecule is COC[C@H](C)NCc1ccc(C)s1. The minimum atomic E-state index is 0.424. The van der Waals surface area contributed by atoms with E-state index < -0.39 is 0 Å². The number of nitrogens with one attached hydrogen (secondary N) is 1. The number of thiophene rings is 1. The van der Waals surface area contributed by atoms with Crippen LogP contribution in [0.3, 0.4) is 0 Å². The van der Waals surface area contributed by atoms with Crippen LogP contribution in [0.5, 0.6) is 0 Å². The Morgan fingerprint density at radius 2 is 2.31 bits per heavy atom. The Morgan fingerprint density at radius 3 is 2.85 bits per heavy atom. The summed E-state index contributed by atoms with van der Waals surface area (Å²) in [6.45, 7) is 5.98. The highest BCUT2D eigenvalue weighted by Gasteiger charge is 2.01. The summed E-state index contributed by atoms with van der Waals surface area (Å²) < 4.78 is 5.04. The first-order valence-electron chi connectivity index (χ1n) is 4.50. The summed E-state index contributed by atoms with van der Waals surface area (Å²) in [4.78, 5) is 2.76. The highest BCUT2D eigenvalue weighted by atomic mass is 32.1. The van der Waals surface area contributed by atoms with Gasteiger partial charge in [0, 0.05) is 29.5 Å². The Hall–Kier alpha value is -0.380. The van der Waals surface area contributed by atoms with Crippen LogP contribution in [-0.4, -0.2) is 19.8 Å². The molecule has 0 bridgehead atoms. The maximum Gasteiger partial charge on any atom is 0.0613 e. The standard InChI is InChI=1S/C10H17NOS/c1-8(7-12-3)11-6-10-5-4-9(2)13-10/h4-5,8,11H,6-7H2,1-3H3/t8-/m0/s1. The molecule has 0 aliphatic carbocycles. The highest BCUT2D eigenvalue weighted by molar-refractivity contribution is 7.11. The van der Waals surface area contributed by atoms with E-state index in [-0.39, 0.29) is 0 Å². The van der Waals surface area contributed by atoms with Crippen LogP contribution < -0.4 is 5.32 Å². The number of hydrogen-bond donors (Lipinski definition) is 1. The molecule has 3 heteroatoms. The van der Waals surface area contributed by atoms with Gasteiger partial charge in [-0.3, -0.25) is 0 Å². The molecule has 13 heavy (non-hydrogen) atoms. The molecule has 0 amide bonds. The third-order valence-corrected chi connectivity index (χ3v) is 2.84. The normalized spacial score (nSPS) is 13.2. The second kappa shape index (κ2) is 5.37. The first-order valence-corrected chi connectivity index (χ1v) is 5.31. The molecule has 0 saturated carbocycles. The lowest BCUT2D eigenvalue weighted by atomic mass is 10.3. The average Bonchev–Trinajstić information content (AvgIpc) is 2.49. The van der Waals surface area contributed by atoms with Gasteiger partial charge in [0.05, 0.1) is 6.61 Å². The number of methoxy groups -OCH3 is 1. The summed E-state index contributed by atoms with van der Waals surface area (Å²) in [7, 11) is 1.73. The van der Waals surface area contributed by atoms with E-state index in [4.69, 9.17) is 4.74 Å². The average molecular weight is 199 g/mol. The van der Waals surface area contributed by atoms with Crippen molar-refractivity contribution in [1.29, 1.82) is 0 Å². The van der Waals surface area contributed by atoms with Crippen LogP contribution in [-0.2, 0) is 11.3 Å². The lowest BCUT2D eigenvalue weighted by molar-refractivity contribution is 0.172. The van der Waals surface area contributed by atoms with E-state index in [9.17, 15) is 0 Å². The van der Waals surface area contributed by atoms with E-state index in [0.29, 0.717) is 6.04 Å². The van der Waals surface area contributed by atoms with Crippen molar-refractivity contribution in [3.8, 4) is 0 Å². The van der Waals surface area contributed by atoms with Gasteiger partial charge >= 0.3 is 0 Å². The van der Waals surface area contributed by atoms with E-state index >= 15 is 0 Å². The zero-order chi connectivity index (χ0) is 9.68. The van der Waals surface area contributed by atoms with Gasteiger partial charge in [0.15, 0.2) is 0 Å². The number of aryl methyl sites for hydroxylation is 1. The third kappa shape index (κ3) is 3.89. The monoisotopic (exact) mass is 199 g/mol. The summed E-state index contributed by atoms with van der Waals surface area (Å²) in [6, 6.07) is 4.75. The molecule has 0 spiro atoms. The predicted octanol–water partition coefficient (Wildman–Crippen LogP) is 2.18. The number of hydrogen-bond acceptors (Lipinski definition) is 3. The molecule has 0 aromatic carbocycles. The molecule has 74 valence electrons. The van der Waals surface area contributed by atoms with E-state index in [1.807, 2.05) is 11.3 Å². The van der Waals surface area contributed by atoms with Gasteiger partial charge in [-0.05, 0) is 26.0 Å². The molecule has 1 heterocycles. The minimum absolute atomic E-state index is 0.424. The van der Waals surface area contributed by atoms with Crippen LogP contribution in [0.2, 0.25) is 0 Å². The van der Waals surface area contributed by atoms with Gasteiger partial charge in [0.1, 0.15) is 0 Å². The summed E-state index contributed by atoms with van der Waals surface area (Å²) in [6.07, 6.45) is 0. The van der Waals surface area contributed by atoms with Crippen molar-refractivity contribution in [2.24, 2.45) is 0 Å². The Labute approximate surface area is 83.9 Å². The zero-order valence-electron chi connectivity index (χ0n) is 8.46. The maximum absolute atomic E-state index is 5.04. The number of ether oxygens (including phenoxy) is 1. The fourth-order valence-electron chi connectivity index (χ4n) is 1.16. The zero-order valence-corrected chi connectivity index (χ0v) is 9.28. The van der Waals surface area contributed by atoms with Gasteiger partial charge in [0.2, 0.25) is 0 Å². The largest absolute Gasteiger partial charge is 0.383 e. The summed E-state index contributed by atoms with van der Waals surface area (Å²) in [5.41, 5.74) is 0. The second-order valence-electron chi connectivity index (χ2n) is 3.25. The van der Waals surface area contributed by atoms with Crippen molar-refractivity contribution in [2.75, 3.05) is 13.7 Å². The van der Waals surface area contributed by atoms with Crippen molar-refractivity contribution < 1.29 is 4.74 Å². The molecule has 1 rings (SSSR count). The van der Waals surface area contributed by atoms with Gasteiger partial charge in [-0.15, -0.1) is 11.3 Å². The minimum Gasteiger partial charge on any atom is -0.383 e. The summed E-state index contributed by atoms with van der Waals surface area (Å²) in [5.74, 6) is 0. The van der Waals surface area contributed by atoms with Gasteiger partial charge < -0.3 is 10.1 Å². The van der Waals surface area contributed by atoms with Crippen molar-refractivity contribution in [1.82, 2.24) is 5.32 Å². The quantitative estimate of drug-likeness (QED) is 0.785. The Bertz CT molecular complexity index is 247. The molecular formula is C10H17NOS. The first kappa shape index (κ1) is 10.7. The van der Waals surface area contributed by atoms with Crippen molar-refractivity contribution >= 4 is 11.3 Å². The van der Waals surface area contributed by atoms with Crippen molar-refractivity contribution in [3.63, 3.8) is 0 Å². The van der Waals surface area contributed by atoms with Gasteiger partial charge in [-0.1, -0.05) is 0 Å². The molecule has 0 aliphatic heterocycles. The van der Waals surface area contributed by atoms with E-state index in [1.165, 1.54) is 9.75 Å².